The van der Waals surface area contributed by atoms with Crippen LogP contribution in [0.3, 0.4) is 0 Å². The van der Waals surface area contributed by atoms with Gasteiger partial charge in [0, 0.05) is 11.6 Å². The molecule has 0 aliphatic carbocycles. The lowest BCUT2D eigenvalue weighted by Gasteiger charge is -2.07. The second-order valence-electron chi connectivity index (χ2n) is 3.22. The molecule has 0 radical (unpaired) electrons. The number of nitrogens with zero attached hydrogens (tertiary/aromatic N) is 1. The van der Waals surface area contributed by atoms with E-state index in [1.807, 2.05) is 11.4 Å². The molecule has 1 rings (SSSR count). The van der Waals surface area contributed by atoms with Crippen LogP contribution in [-0.4, -0.2) is 5.97 Å². The number of rotatable bonds is 3. The quantitative estimate of drug-likeness (QED) is 0.582. The average molecular weight is 221 g/mol. The van der Waals surface area contributed by atoms with Crippen molar-refractivity contribution >= 4 is 17.3 Å². The molecule has 1 atom stereocenters. The highest BCUT2D eigenvalue weighted by molar-refractivity contribution is 7.07. The van der Waals surface area contributed by atoms with Crippen LogP contribution in [0.15, 0.2) is 28.5 Å². The molecule has 15 heavy (non-hydrogen) atoms. The fourth-order valence-electron chi connectivity index (χ4n) is 0.979. The van der Waals surface area contributed by atoms with Gasteiger partial charge in [-0.25, -0.2) is 4.79 Å². The Morgan fingerprint density at radius 1 is 1.67 bits per heavy atom. The van der Waals surface area contributed by atoms with Gasteiger partial charge in [-0.15, -0.1) is 0 Å². The zero-order valence-electron chi connectivity index (χ0n) is 8.56. The molecular formula is C11H11NO2S. The van der Waals surface area contributed by atoms with Crippen LogP contribution in [0.1, 0.15) is 25.5 Å². The van der Waals surface area contributed by atoms with Crippen LogP contribution in [0.5, 0.6) is 0 Å². The van der Waals surface area contributed by atoms with Crippen molar-refractivity contribution in [3.05, 3.63) is 34.0 Å². The highest BCUT2D eigenvalue weighted by Crippen LogP contribution is 2.19. The first-order valence-corrected chi connectivity index (χ1v) is 5.35. The number of carbonyl (C=O) groups excluding carboxylic acids is 1. The minimum atomic E-state index is -0.806. The van der Waals surface area contributed by atoms with E-state index >= 15 is 0 Å². The van der Waals surface area contributed by atoms with Crippen LogP contribution >= 0.6 is 11.3 Å². The van der Waals surface area contributed by atoms with Crippen molar-refractivity contribution in [2.24, 2.45) is 0 Å². The minimum Gasteiger partial charge on any atom is -0.439 e. The normalized spacial score (nSPS) is 11.3. The van der Waals surface area contributed by atoms with Crippen LogP contribution in [0.25, 0.3) is 0 Å². The third-order valence-electron chi connectivity index (χ3n) is 1.60. The van der Waals surface area contributed by atoms with Crippen molar-refractivity contribution in [1.82, 2.24) is 0 Å². The maximum absolute atomic E-state index is 11.3. The summed E-state index contributed by atoms with van der Waals surface area (Å²) < 4.78 is 4.99. The molecular weight excluding hydrogens is 210 g/mol. The molecule has 0 amide bonds. The molecule has 0 aliphatic rings. The lowest BCUT2D eigenvalue weighted by molar-refractivity contribution is -0.140. The standard InChI is InChI=1S/C11H11NO2S/c1-8(2)5-11(13)14-10(6-12)9-3-4-15-7-9/h3-5,7,10H,1-2H3. The summed E-state index contributed by atoms with van der Waals surface area (Å²) in [6.45, 7) is 3.60. The Balaban J connectivity index is 2.68. The van der Waals surface area contributed by atoms with Crippen LogP contribution in [0.4, 0.5) is 0 Å². The van der Waals surface area contributed by atoms with E-state index in [1.165, 1.54) is 17.4 Å². The van der Waals surface area contributed by atoms with E-state index in [4.69, 9.17) is 10.00 Å². The maximum atomic E-state index is 11.3. The van der Waals surface area contributed by atoms with E-state index in [0.717, 1.165) is 11.1 Å². The number of hydrogen-bond donors (Lipinski definition) is 0. The summed E-state index contributed by atoms with van der Waals surface area (Å²) in [6.07, 6.45) is 0.566. The van der Waals surface area contributed by atoms with Gasteiger partial charge in [0.25, 0.3) is 0 Å². The molecule has 1 aromatic heterocycles. The summed E-state index contributed by atoms with van der Waals surface area (Å²) in [7, 11) is 0. The van der Waals surface area contributed by atoms with E-state index in [1.54, 1.807) is 25.3 Å². The lowest BCUT2D eigenvalue weighted by Crippen LogP contribution is -2.07. The van der Waals surface area contributed by atoms with E-state index in [9.17, 15) is 4.79 Å². The first-order chi connectivity index (χ1) is 7.13. The van der Waals surface area contributed by atoms with Crippen molar-refractivity contribution in [1.29, 1.82) is 5.26 Å². The van der Waals surface area contributed by atoms with E-state index in [-0.39, 0.29) is 0 Å². The molecule has 4 heteroatoms. The van der Waals surface area contributed by atoms with Gasteiger partial charge in [-0.2, -0.15) is 16.6 Å². The lowest BCUT2D eigenvalue weighted by atomic mass is 10.2. The van der Waals surface area contributed by atoms with Crippen molar-refractivity contribution in [3.8, 4) is 6.07 Å². The number of hydrogen-bond acceptors (Lipinski definition) is 4. The summed E-state index contributed by atoms with van der Waals surface area (Å²) in [5.41, 5.74) is 1.57. The second kappa shape index (κ2) is 5.32. The fraction of sp³-hybridized carbons (Fsp3) is 0.273. The third-order valence-corrected chi connectivity index (χ3v) is 2.31. The monoisotopic (exact) mass is 221 g/mol. The number of carbonyl (C=O) groups is 1. The molecule has 3 nitrogen and oxygen atoms in total. The molecule has 0 aromatic carbocycles. The molecule has 0 saturated carbocycles. The largest absolute Gasteiger partial charge is 0.439 e. The molecule has 1 aromatic rings. The first kappa shape index (κ1) is 11.5. The Morgan fingerprint density at radius 2 is 2.40 bits per heavy atom. The van der Waals surface area contributed by atoms with Crippen molar-refractivity contribution in [3.63, 3.8) is 0 Å². The van der Waals surface area contributed by atoms with Gasteiger partial charge in [0.1, 0.15) is 6.07 Å². The Hall–Kier alpha value is -1.60. The number of ether oxygens (including phenoxy) is 1. The van der Waals surface area contributed by atoms with Crippen molar-refractivity contribution in [2.75, 3.05) is 0 Å². The highest BCUT2D eigenvalue weighted by atomic mass is 32.1. The zero-order valence-corrected chi connectivity index (χ0v) is 9.38. The van der Waals surface area contributed by atoms with Gasteiger partial charge in [-0.3, -0.25) is 0 Å². The van der Waals surface area contributed by atoms with Crippen LogP contribution in [0, 0.1) is 11.3 Å². The Bertz CT molecular complexity index is 397. The highest BCUT2D eigenvalue weighted by Gasteiger charge is 2.14. The third kappa shape index (κ3) is 3.56. The SMILES string of the molecule is CC(C)=CC(=O)OC(C#N)c1ccsc1. The van der Waals surface area contributed by atoms with Crippen LogP contribution in [-0.2, 0) is 9.53 Å². The van der Waals surface area contributed by atoms with E-state index < -0.39 is 12.1 Å². The topological polar surface area (TPSA) is 50.1 Å². The molecule has 0 saturated heterocycles. The predicted octanol–water partition coefficient (Wildman–Crippen LogP) is 2.82. The summed E-state index contributed by atoms with van der Waals surface area (Å²) in [5.74, 6) is -0.479. The Kier molecular flexibility index (Phi) is 4.07. The van der Waals surface area contributed by atoms with Gasteiger partial charge in [0.15, 0.2) is 0 Å². The number of esters is 1. The minimum absolute atomic E-state index is 0.479. The van der Waals surface area contributed by atoms with Gasteiger partial charge in [0.2, 0.25) is 6.10 Å². The first-order valence-electron chi connectivity index (χ1n) is 4.40. The summed E-state index contributed by atoms with van der Waals surface area (Å²) >= 11 is 1.47. The van der Waals surface area contributed by atoms with Crippen molar-refractivity contribution < 1.29 is 9.53 Å². The van der Waals surface area contributed by atoms with Crippen molar-refractivity contribution in [2.45, 2.75) is 20.0 Å². The van der Waals surface area contributed by atoms with Gasteiger partial charge >= 0.3 is 5.97 Å². The van der Waals surface area contributed by atoms with Gasteiger partial charge < -0.3 is 4.74 Å². The predicted molar refractivity (Wildman–Crippen MR) is 58.2 cm³/mol. The molecule has 0 bridgehead atoms. The van der Waals surface area contributed by atoms with Crippen LogP contribution < -0.4 is 0 Å². The molecule has 0 spiro atoms. The molecule has 1 heterocycles. The average Bonchev–Trinajstić information content (AvgIpc) is 2.65. The number of thiophene rings is 1. The summed E-state index contributed by atoms with van der Waals surface area (Å²) in [5, 5.41) is 12.5. The molecule has 0 fully saturated rings. The van der Waals surface area contributed by atoms with E-state index in [2.05, 4.69) is 0 Å². The van der Waals surface area contributed by atoms with Gasteiger partial charge in [-0.1, -0.05) is 5.57 Å². The molecule has 1 unspecified atom stereocenters. The Morgan fingerprint density at radius 3 is 2.87 bits per heavy atom. The Labute approximate surface area is 92.6 Å². The van der Waals surface area contributed by atoms with Gasteiger partial charge in [-0.05, 0) is 30.7 Å². The number of allylic oxidation sites excluding steroid dienone is 1. The van der Waals surface area contributed by atoms with Gasteiger partial charge in [0.05, 0.1) is 0 Å². The fourth-order valence-corrected chi connectivity index (χ4v) is 1.65. The summed E-state index contributed by atoms with van der Waals surface area (Å²) in [4.78, 5) is 11.3. The zero-order chi connectivity index (χ0) is 11.3. The maximum Gasteiger partial charge on any atom is 0.332 e. The molecule has 0 N–H and O–H groups in total. The van der Waals surface area contributed by atoms with Crippen LogP contribution in [0.2, 0.25) is 0 Å². The van der Waals surface area contributed by atoms with E-state index in [0.29, 0.717) is 0 Å². The smallest absolute Gasteiger partial charge is 0.332 e. The summed E-state index contributed by atoms with van der Waals surface area (Å²) in [6, 6.07) is 3.72. The second-order valence-corrected chi connectivity index (χ2v) is 4.00. The molecule has 0 aliphatic heterocycles. The molecule has 78 valence electrons. The number of nitriles is 1.